The summed E-state index contributed by atoms with van der Waals surface area (Å²) in [5, 5.41) is 0. The number of carbonyl (C=O) groups excluding carboxylic acids is 2. The van der Waals surface area contributed by atoms with Crippen molar-refractivity contribution in [2.75, 3.05) is 0 Å². The van der Waals surface area contributed by atoms with E-state index in [1.807, 2.05) is 17.0 Å². The fourth-order valence-electron chi connectivity index (χ4n) is 2.02. The van der Waals surface area contributed by atoms with Gasteiger partial charge >= 0.3 is 0 Å². The maximum absolute atomic E-state index is 11.1. The molecule has 1 aromatic carbocycles. The molecule has 0 atom stereocenters. The monoisotopic (exact) mass is 245 g/mol. The molecule has 0 aromatic heterocycles. The number of hydrogen-bond acceptors (Lipinski definition) is 5. The molecule has 1 aliphatic rings. The molecular weight excluding hydrogens is 230 g/mol. The van der Waals surface area contributed by atoms with E-state index in [1.165, 1.54) is 17.3 Å². The number of allylic oxidation sites excluding steroid dienone is 1. The highest BCUT2D eigenvalue weighted by Crippen LogP contribution is 2.24. The van der Waals surface area contributed by atoms with Crippen LogP contribution >= 0.6 is 0 Å². The van der Waals surface area contributed by atoms with E-state index >= 15 is 0 Å². The van der Waals surface area contributed by atoms with E-state index in [-0.39, 0.29) is 12.0 Å². The van der Waals surface area contributed by atoms with E-state index in [4.69, 9.17) is 11.5 Å². The number of nitrogens with two attached hydrogens (primary N) is 2. The molecule has 0 spiro atoms. The summed E-state index contributed by atoms with van der Waals surface area (Å²) in [7, 11) is 0. The molecule has 5 heteroatoms. The lowest BCUT2D eigenvalue weighted by molar-refractivity contribution is -0.127. The first kappa shape index (κ1) is 12.3. The Bertz CT molecular complexity index is 523. The predicted molar refractivity (Wildman–Crippen MR) is 66.9 cm³/mol. The summed E-state index contributed by atoms with van der Waals surface area (Å²) < 4.78 is 0. The Balaban J connectivity index is 2.15. The molecule has 1 aliphatic heterocycles. The number of nitrogens with zero attached hydrogens (tertiary/aromatic N) is 1. The minimum absolute atomic E-state index is 0.0307. The van der Waals surface area contributed by atoms with Gasteiger partial charge < -0.3 is 16.4 Å². The molecule has 0 fully saturated rings. The van der Waals surface area contributed by atoms with E-state index in [1.54, 1.807) is 0 Å². The Morgan fingerprint density at radius 3 is 2.72 bits per heavy atom. The number of ketones is 1. The van der Waals surface area contributed by atoms with Crippen molar-refractivity contribution >= 4 is 12.1 Å². The van der Waals surface area contributed by atoms with Crippen LogP contribution < -0.4 is 11.5 Å². The lowest BCUT2D eigenvalue weighted by atomic mass is 10.1. The van der Waals surface area contributed by atoms with Gasteiger partial charge in [0.15, 0.2) is 6.29 Å². The van der Waals surface area contributed by atoms with E-state index in [2.05, 4.69) is 6.07 Å². The van der Waals surface area contributed by atoms with E-state index in [0.717, 1.165) is 5.56 Å². The molecule has 5 nitrogen and oxygen atoms in total. The van der Waals surface area contributed by atoms with Crippen LogP contribution in [0.3, 0.4) is 0 Å². The normalized spacial score (nSPS) is 14.5. The Morgan fingerprint density at radius 2 is 2.06 bits per heavy atom. The van der Waals surface area contributed by atoms with Gasteiger partial charge in [0.2, 0.25) is 5.78 Å². The molecule has 4 N–H and O–H groups in total. The van der Waals surface area contributed by atoms with Gasteiger partial charge in [-0.25, -0.2) is 0 Å². The Labute approximate surface area is 105 Å². The van der Waals surface area contributed by atoms with Crippen LogP contribution in [0, 0.1) is 0 Å². The van der Waals surface area contributed by atoms with Crippen LogP contribution in [0.15, 0.2) is 30.1 Å². The number of fused-ring (bicyclic) bond motifs is 1. The average molecular weight is 245 g/mol. The van der Waals surface area contributed by atoms with Crippen LogP contribution in [-0.4, -0.2) is 17.0 Å². The fourth-order valence-corrected chi connectivity index (χ4v) is 2.02. The van der Waals surface area contributed by atoms with E-state index < -0.39 is 5.78 Å². The van der Waals surface area contributed by atoms with Gasteiger partial charge in [0.05, 0.1) is 5.70 Å². The molecule has 0 saturated carbocycles. The molecule has 0 unspecified atom stereocenters. The number of carbonyl (C=O) groups is 2. The van der Waals surface area contributed by atoms with Gasteiger partial charge in [0.1, 0.15) is 0 Å². The van der Waals surface area contributed by atoms with Crippen molar-refractivity contribution in [1.82, 2.24) is 4.90 Å². The third-order valence-corrected chi connectivity index (χ3v) is 2.97. The number of Topliss-reactive ketones (excluding diaryl/α,β-unsaturated/α-hetero) is 1. The van der Waals surface area contributed by atoms with Crippen LogP contribution in [0.5, 0.6) is 0 Å². The minimum atomic E-state index is -0.686. The number of aldehydes is 1. The zero-order chi connectivity index (χ0) is 13.1. The van der Waals surface area contributed by atoms with Gasteiger partial charge in [0.25, 0.3) is 0 Å². The smallest absolute Gasteiger partial charge is 0.242 e. The highest BCUT2D eigenvalue weighted by Gasteiger charge is 2.17. The SMILES string of the molecule is NCc1ccc2c(c1)CN(/C=C(\N)C(=O)C=O)C2. The first-order chi connectivity index (χ1) is 8.63. The summed E-state index contributed by atoms with van der Waals surface area (Å²) in [6.45, 7) is 1.87. The number of rotatable bonds is 4. The van der Waals surface area contributed by atoms with Gasteiger partial charge in [0, 0.05) is 25.8 Å². The van der Waals surface area contributed by atoms with Gasteiger partial charge in [-0.2, -0.15) is 0 Å². The number of hydrogen-bond donors (Lipinski definition) is 2. The van der Waals surface area contributed by atoms with Crippen LogP contribution in [0.25, 0.3) is 0 Å². The van der Waals surface area contributed by atoms with Crippen LogP contribution in [-0.2, 0) is 29.2 Å². The van der Waals surface area contributed by atoms with Crippen molar-refractivity contribution in [2.24, 2.45) is 11.5 Å². The highest BCUT2D eigenvalue weighted by atomic mass is 16.2. The van der Waals surface area contributed by atoms with Gasteiger partial charge in [-0.3, -0.25) is 9.59 Å². The second-order valence-corrected chi connectivity index (χ2v) is 4.28. The summed E-state index contributed by atoms with van der Waals surface area (Å²) in [6, 6.07) is 6.08. The van der Waals surface area contributed by atoms with Crippen LogP contribution in [0.4, 0.5) is 0 Å². The van der Waals surface area contributed by atoms with Crippen LogP contribution in [0.1, 0.15) is 16.7 Å². The molecule has 0 amide bonds. The zero-order valence-electron chi connectivity index (χ0n) is 9.93. The second-order valence-electron chi connectivity index (χ2n) is 4.28. The largest absolute Gasteiger partial charge is 0.394 e. The second kappa shape index (κ2) is 5.01. The molecule has 18 heavy (non-hydrogen) atoms. The van der Waals surface area contributed by atoms with Crippen molar-refractivity contribution in [3.8, 4) is 0 Å². The Hall–Kier alpha value is -2.14. The topological polar surface area (TPSA) is 89.4 Å². The van der Waals surface area contributed by atoms with Crippen molar-refractivity contribution < 1.29 is 9.59 Å². The lowest BCUT2D eigenvalue weighted by Crippen LogP contribution is -2.18. The summed E-state index contributed by atoms with van der Waals surface area (Å²) >= 11 is 0. The molecule has 0 bridgehead atoms. The van der Waals surface area contributed by atoms with Crippen molar-refractivity contribution in [3.05, 3.63) is 46.8 Å². The standard InChI is InChI=1S/C13H15N3O2/c14-4-9-1-2-10-5-16(6-11(10)3-9)7-12(15)13(18)8-17/h1-3,7-8H,4-6,14-15H2/b12-7-. The summed E-state index contributed by atoms with van der Waals surface area (Å²) in [6.07, 6.45) is 1.75. The third-order valence-electron chi connectivity index (χ3n) is 2.97. The van der Waals surface area contributed by atoms with E-state index in [0.29, 0.717) is 19.6 Å². The Morgan fingerprint density at radius 1 is 1.33 bits per heavy atom. The molecular formula is C13H15N3O2. The lowest BCUT2D eigenvalue weighted by Gasteiger charge is -2.11. The van der Waals surface area contributed by atoms with E-state index in [9.17, 15) is 9.59 Å². The zero-order valence-corrected chi connectivity index (χ0v) is 9.93. The summed E-state index contributed by atoms with van der Waals surface area (Å²) in [5.41, 5.74) is 14.5. The molecule has 0 aliphatic carbocycles. The summed E-state index contributed by atoms with van der Waals surface area (Å²) in [5.74, 6) is -0.686. The predicted octanol–water partition coefficient (Wildman–Crippen LogP) is 0.0290. The quantitative estimate of drug-likeness (QED) is 0.444. The first-order valence-electron chi connectivity index (χ1n) is 5.65. The molecule has 94 valence electrons. The maximum Gasteiger partial charge on any atom is 0.242 e. The summed E-state index contributed by atoms with van der Waals surface area (Å²) in [4.78, 5) is 23.3. The van der Waals surface area contributed by atoms with Crippen molar-refractivity contribution in [3.63, 3.8) is 0 Å². The molecule has 2 rings (SSSR count). The average Bonchev–Trinajstić information content (AvgIpc) is 2.78. The maximum atomic E-state index is 11.1. The number of benzene rings is 1. The molecule has 0 radical (unpaired) electrons. The molecule has 1 aromatic rings. The highest BCUT2D eigenvalue weighted by molar-refractivity contribution is 6.32. The van der Waals surface area contributed by atoms with Gasteiger partial charge in [-0.15, -0.1) is 0 Å². The minimum Gasteiger partial charge on any atom is -0.394 e. The molecule has 1 heterocycles. The Kier molecular flexibility index (Phi) is 3.43. The van der Waals surface area contributed by atoms with Gasteiger partial charge in [-0.05, 0) is 16.7 Å². The van der Waals surface area contributed by atoms with Crippen LogP contribution in [0.2, 0.25) is 0 Å². The molecule has 0 saturated heterocycles. The van der Waals surface area contributed by atoms with Crippen molar-refractivity contribution in [1.29, 1.82) is 0 Å². The van der Waals surface area contributed by atoms with Gasteiger partial charge in [-0.1, -0.05) is 18.2 Å². The third kappa shape index (κ3) is 2.41. The fraction of sp³-hybridized carbons (Fsp3) is 0.231. The first-order valence-corrected chi connectivity index (χ1v) is 5.65. The van der Waals surface area contributed by atoms with Crippen molar-refractivity contribution in [2.45, 2.75) is 19.6 Å².